The molecule has 0 radical (unpaired) electrons. The van der Waals surface area contributed by atoms with E-state index in [0.29, 0.717) is 19.0 Å². The van der Waals surface area contributed by atoms with E-state index in [4.69, 9.17) is 4.42 Å². The second-order valence-electron chi connectivity index (χ2n) is 5.61. The van der Waals surface area contributed by atoms with Crippen LogP contribution in [0, 0.1) is 0 Å². The molecule has 0 aliphatic rings. The first kappa shape index (κ1) is 19.0. The Morgan fingerprint density at radius 2 is 1.88 bits per heavy atom. The molecule has 0 aliphatic carbocycles. The van der Waals surface area contributed by atoms with Crippen molar-refractivity contribution in [3.05, 3.63) is 54.0 Å². The van der Waals surface area contributed by atoms with Crippen LogP contribution in [-0.4, -0.2) is 46.4 Å². The summed E-state index contributed by atoms with van der Waals surface area (Å²) in [6.07, 6.45) is 2.42. The monoisotopic (exact) mass is 364 g/mol. The summed E-state index contributed by atoms with van der Waals surface area (Å²) in [7, 11) is 1.34. The molecule has 7 nitrogen and oxygen atoms in total. The number of sulfonamides is 1. The maximum Gasteiger partial charge on any atom is 0.242 e. The molecule has 2 N–H and O–H groups in total. The second kappa shape index (κ2) is 8.68. The van der Waals surface area contributed by atoms with E-state index in [0.717, 1.165) is 17.7 Å². The number of guanidine groups is 1. The molecule has 25 heavy (non-hydrogen) atoms. The number of hydrogen-bond acceptors (Lipinski definition) is 4. The Kier molecular flexibility index (Phi) is 6.60. The zero-order valence-electron chi connectivity index (χ0n) is 14.7. The molecule has 136 valence electrons. The highest BCUT2D eigenvalue weighted by molar-refractivity contribution is 7.89. The van der Waals surface area contributed by atoms with E-state index in [9.17, 15) is 8.42 Å². The summed E-state index contributed by atoms with van der Waals surface area (Å²) in [5.41, 5.74) is 0.965. The van der Waals surface area contributed by atoms with Crippen LogP contribution in [0.5, 0.6) is 0 Å². The average Bonchev–Trinajstić information content (AvgIpc) is 3.11. The smallest absolute Gasteiger partial charge is 0.242 e. The lowest BCUT2D eigenvalue weighted by Crippen LogP contribution is -2.37. The molecule has 1 heterocycles. The van der Waals surface area contributed by atoms with Crippen molar-refractivity contribution >= 4 is 16.0 Å². The quantitative estimate of drug-likeness (QED) is 0.573. The fourth-order valence-corrected chi connectivity index (χ4v) is 3.06. The van der Waals surface area contributed by atoms with Gasteiger partial charge in [0.15, 0.2) is 5.96 Å². The molecule has 0 saturated heterocycles. The molecule has 2 rings (SSSR count). The van der Waals surface area contributed by atoms with Crippen LogP contribution in [0.4, 0.5) is 0 Å². The van der Waals surface area contributed by atoms with E-state index in [-0.39, 0.29) is 4.90 Å². The van der Waals surface area contributed by atoms with E-state index in [1.54, 1.807) is 37.6 Å². The Balaban J connectivity index is 1.85. The number of hydrogen-bond donors (Lipinski definition) is 2. The van der Waals surface area contributed by atoms with Crippen LogP contribution in [0.25, 0.3) is 0 Å². The van der Waals surface area contributed by atoms with Gasteiger partial charge in [-0.3, -0.25) is 4.99 Å². The van der Waals surface area contributed by atoms with Gasteiger partial charge >= 0.3 is 0 Å². The summed E-state index contributed by atoms with van der Waals surface area (Å²) in [4.78, 5) is 4.44. The molecule has 2 aromatic rings. The molecule has 8 heteroatoms. The van der Waals surface area contributed by atoms with Crippen molar-refractivity contribution in [3.8, 4) is 0 Å². The van der Waals surface area contributed by atoms with Gasteiger partial charge < -0.3 is 15.1 Å². The van der Waals surface area contributed by atoms with Gasteiger partial charge in [0.2, 0.25) is 10.0 Å². The molecular weight excluding hydrogens is 340 g/mol. The van der Waals surface area contributed by atoms with E-state index in [2.05, 4.69) is 15.6 Å². The summed E-state index contributed by atoms with van der Waals surface area (Å²) in [5.74, 6) is 1.59. The Bertz CT molecular complexity index is 782. The zero-order valence-corrected chi connectivity index (χ0v) is 15.5. The minimum atomic E-state index is -3.40. The highest BCUT2D eigenvalue weighted by Crippen LogP contribution is 2.13. The van der Waals surface area contributed by atoms with Gasteiger partial charge in [0.05, 0.1) is 11.2 Å². The number of benzene rings is 1. The van der Waals surface area contributed by atoms with E-state index in [1.165, 1.54) is 18.4 Å². The molecule has 0 saturated carbocycles. The van der Waals surface area contributed by atoms with Gasteiger partial charge in [-0.1, -0.05) is 12.1 Å². The molecule has 0 aliphatic heterocycles. The van der Waals surface area contributed by atoms with E-state index < -0.39 is 10.0 Å². The summed E-state index contributed by atoms with van der Waals surface area (Å²) in [5, 5.41) is 6.40. The lowest BCUT2D eigenvalue weighted by molar-refractivity contribution is 0.506. The Morgan fingerprint density at radius 1 is 1.16 bits per heavy atom. The third kappa shape index (κ3) is 5.33. The van der Waals surface area contributed by atoms with Crippen LogP contribution in [0.15, 0.2) is 57.0 Å². The molecule has 0 unspecified atom stereocenters. The molecule has 0 atom stereocenters. The van der Waals surface area contributed by atoms with Crippen molar-refractivity contribution in [3.63, 3.8) is 0 Å². The van der Waals surface area contributed by atoms with Crippen LogP contribution < -0.4 is 10.6 Å². The molecule has 1 aromatic heterocycles. The van der Waals surface area contributed by atoms with Crippen LogP contribution >= 0.6 is 0 Å². The summed E-state index contributed by atoms with van der Waals surface area (Å²) < 4.78 is 30.6. The van der Waals surface area contributed by atoms with Crippen LogP contribution in [-0.2, 0) is 23.0 Å². The van der Waals surface area contributed by atoms with Gasteiger partial charge in [0.25, 0.3) is 0 Å². The second-order valence-corrected chi connectivity index (χ2v) is 7.77. The first-order chi connectivity index (χ1) is 11.9. The van der Waals surface area contributed by atoms with Gasteiger partial charge in [0.1, 0.15) is 5.76 Å². The molecule has 0 fully saturated rings. The normalized spacial score (nSPS) is 12.4. The number of rotatable bonds is 7. The van der Waals surface area contributed by atoms with Gasteiger partial charge in [0, 0.05) is 40.7 Å². The minimum Gasteiger partial charge on any atom is -0.469 e. The maximum absolute atomic E-state index is 12.0. The predicted octanol–water partition coefficient (Wildman–Crippen LogP) is 1.44. The lowest BCUT2D eigenvalue weighted by atomic mass is 10.2. The van der Waals surface area contributed by atoms with Crippen molar-refractivity contribution in [2.45, 2.75) is 17.9 Å². The molecule has 0 bridgehead atoms. The number of nitrogens with one attached hydrogen (secondary N) is 2. The van der Waals surface area contributed by atoms with Crippen molar-refractivity contribution in [1.82, 2.24) is 14.9 Å². The van der Waals surface area contributed by atoms with E-state index in [1.807, 2.05) is 12.1 Å². The standard InChI is InChI=1S/C17H24N4O3S/c1-18-17(19-11-10-15-5-4-12-24-15)20-13-14-6-8-16(9-7-14)25(22,23)21(2)3/h4-9,12H,10-11,13H2,1-3H3,(H2,18,19,20). The van der Waals surface area contributed by atoms with Crippen molar-refractivity contribution in [1.29, 1.82) is 0 Å². The van der Waals surface area contributed by atoms with Crippen LogP contribution in [0.1, 0.15) is 11.3 Å². The van der Waals surface area contributed by atoms with Gasteiger partial charge in [-0.15, -0.1) is 0 Å². The minimum absolute atomic E-state index is 0.280. The topological polar surface area (TPSA) is 86.9 Å². The van der Waals surface area contributed by atoms with Crippen molar-refractivity contribution in [2.75, 3.05) is 27.7 Å². The third-order valence-electron chi connectivity index (χ3n) is 3.63. The van der Waals surface area contributed by atoms with Gasteiger partial charge in [-0.05, 0) is 29.8 Å². The Labute approximate surface area is 148 Å². The zero-order chi connectivity index (χ0) is 18.3. The fourth-order valence-electron chi connectivity index (χ4n) is 2.16. The first-order valence-corrected chi connectivity index (χ1v) is 9.36. The van der Waals surface area contributed by atoms with Crippen molar-refractivity contribution in [2.24, 2.45) is 4.99 Å². The number of nitrogens with zero attached hydrogens (tertiary/aromatic N) is 2. The molecule has 1 aromatic carbocycles. The number of aliphatic imine (C=N–C) groups is 1. The maximum atomic E-state index is 12.0. The van der Waals surface area contributed by atoms with E-state index >= 15 is 0 Å². The Morgan fingerprint density at radius 3 is 2.44 bits per heavy atom. The fraction of sp³-hybridized carbons (Fsp3) is 0.353. The highest BCUT2D eigenvalue weighted by Gasteiger charge is 2.16. The SMILES string of the molecule is CN=C(NCCc1ccco1)NCc1ccc(S(=O)(=O)N(C)C)cc1. The highest BCUT2D eigenvalue weighted by atomic mass is 32.2. The van der Waals surface area contributed by atoms with Gasteiger partial charge in [-0.2, -0.15) is 0 Å². The third-order valence-corrected chi connectivity index (χ3v) is 5.46. The Hall–Kier alpha value is -2.32. The molecular formula is C17H24N4O3S. The summed E-state index contributed by atoms with van der Waals surface area (Å²) in [6.45, 7) is 1.25. The molecule has 0 spiro atoms. The van der Waals surface area contributed by atoms with Crippen molar-refractivity contribution < 1.29 is 12.8 Å². The summed E-state index contributed by atoms with van der Waals surface area (Å²) >= 11 is 0. The molecule has 0 amide bonds. The largest absolute Gasteiger partial charge is 0.469 e. The number of furan rings is 1. The summed E-state index contributed by atoms with van der Waals surface area (Å²) in [6, 6.07) is 10.6. The first-order valence-electron chi connectivity index (χ1n) is 7.92. The van der Waals surface area contributed by atoms with Gasteiger partial charge in [-0.25, -0.2) is 12.7 Å². The predicted molar refractivity (Wildman–Crippen MR) is 97.9 cm³/mol. The lowest BCUT2D eigenvalue weighted by Gasteiger charge is -2.13. The van der Waals surface area contributed by atoms with Crippen LogP contribution in [0.2, 0.25) is 0 Å². The van der Waals surface area contributed by atoms with Crippen LogP contribution in [0.3, 0.4) is 0 Å². The average molecular weight is 364 g/mol.